The Labute approximate surface area is 79.6 Å². The lowest BCUT2D eigenvalue weighted by atomic mass is 10.2. The molecular weight excluding hydrogens is 190 g/mol. The van der Waals surface area contributed by atoms with E-state index in [0.717, 1.165) is 0 Å². The van der Waals surface area contributed by atoms with Crippen LogP contribution >= 0.6 is 0 Å². The molecule has 4 nitrogen and oxygen atoms in total. The molecule has 0 spiro atoms. The van der Waals surface area contributed by atoms with Gasteiger partial charge in [-0.3, -0.25) is 8.93 Å². The van der Waals surface area contributed by atoms with E-state index in [1.54, 1.807) is 20.8 Å². The lowest BCUT2D eigenvalue weighted by Crippen LogP contribution is -2.49. The predicted molar refractivity (Wildman–Crippen MR) is 55.3 cm³/mol. The molecule has 0 saturated carbocycles. The second-order valence-electron chi connectivity index (χ2n) is 5.02. The molecule has 0 bridgehead atoms. The van der Waals surface area contributed by atoms with E-state index < -0.39 is 20.9 Å². The molecule has 1 N–H and O–H groups in total. The fraction of sp³-hybridized carbons (Fsp3) is 0.875. The molecule has 1 amide bonds. The van der Waals surface area contributed by atoms with Gasteiger partial charge in [0.1, 0.15) is 5.60 Å². The zero-order chi connectivity index (χ0) is 10.9. The molecule has 5 heteroatoms. The van der Waals surface area contributed by atoms with E-state index in [-0.39, 0.29) is 0 Å². The molecule has 0 fully saturated rings. The quantitative estimate of drug-likeness (QED) is 0.704. The molecular formula is C8H19NO3S. The van der Waals surface area contributed by atoms with Crippen LogP contribution < -0.4 is 4.72 Å². The summed E-state index contributed by atoms with van der Waals surface area (Å²) in [5.41, 5.74) is -0.560. The lowest BCUT2D eigenvalue weighted by molar-refractivity contribution is 0.0570. The number of rotatable bonds is 1. The van der Waals surface area contributed by atoms with Gasteiger partial charge >= 0.3 is 6.09 Å². The predicted octanol–water partition coefficient (Wildman–Crippen LogP) is 1.14. The van der Waals surface area contributed by atoms with Gasteiger partial charge in [-0.25, -0.2) is 4.79 Å². The number of carbonyl (C=O) groups excluding carboxylic acids is 1. The van der Waals surface area contributed by atoms with E-state index in [9.17, 15) is 9.00 Å². The summed E-state index contributed by atoms with van der Waals surface area (Å²) in [4.78, 5) is 11.2. The van der Waals surface area contributed by atoms with Gasteiger partial charge in [0, 0.05) is 18.8 Å². The molecule has 0 rings (SSSR count). The molecule has 0 aromatic rings. The Morgan fingerprint density at radius 3 is 1.85 bits per heavy atom. The van der Waals surface area contributed by atoms with Gasteiger partial charge in [0.25, 0.3) is 0 Å². The van der Waals surface area contributed by atoms with Crippen LogP contribution in [0.5, 0.6) is 0 Å². The number of nitrogens with one attached hydrogen (secondary N) is 1. The first-order valence-corrected chi connectivity index (χ1v) is 7.15. The number of carbonyl (C=O) groups is 1. The first-order chi connectivity index (χ1) is 5.35. The van der Waals surface area contributed by atoms with Crippen molar-refractivity contribution in [1.82, 2.24) is 4.72 Å². The van der Waals surface area contributed by atoms with E-state index in [0.29, 0.717) is 0 Å². The van der Waals surface area contributed by atoms with E-state index in [2.05, 4.69) is 4.72 Å². The average Bonchev–Trinajstić information content (AvgIpc) is 1.45. The minimum absolute atomic E-state index is 0.560. The summed E-state index contributed by atoms with van der Waals surface area (Å²) < 4.78 is 19.0. The fourth-order valence-corrected chi connectivity index (χ4v) is 1.19. The zero-order valence-corrected chi connectivity index (χ0v) is 9.95. The van der Waals surface area contributed by atoms with Crippen molar-refractivity contribution < 1.29 is 13.7 Å². The van der Waals surface area contributed by atoms with Crippen LogP contribution in [0.4, 0.5) is 4.79 Å². The van der Waals surface area contributed by atoms with Crippen molar-refractivity contribution in [3.8, 4) is 0 Å². The highest BCUT2D eigenvalue weighted by Crippen LogP contribution is 2.10. The van der Waals surface area contributed by atoms with Crippen LogP contribution in [-0.2, 0) is 14.0 Å². The van der Waals surface area contributed by atoms with Gasteiger partial charge in [-0.15, -0.1) is 0 Å². The summed E-state index contributed by atoms with van der Waals surface area (Å²) in [7, 11) is -3.02. The smallest absolute Gasteiger partial charge is 0.418 e. The fourth-order valence-electron chi connectivity index (χ4n) is 0.583. The van der Waals surface area contributed by atoms with Crippen LogP contribution in [0.15, 0.2) is 0 Å². The van der Waals surface area contributed by atoms with Crippen molar-refractivity contribution in [2.45, 2.75) is 26.4 Å². The lowest BCUT2D eigenvalue weighted by Gasteiger charge is -2.31. The van der Waals surface area contributed by atoms with Gasteiger partial charge < -0.3 is 4.74 Å². The molecule has 0 aromatic heterocycles. The molecule has 0 aliphatic carbocycles. The number of amides is 1. The largest absolute Gasteiger partial charge is 0.443 e. The Hall–Kier alpha value is -0.580. The Morgan fingerprint density at radius 1 is 1.23 bits per heavy atom. The van der Waals surface area contributed by atoms with Gasteiger partial charge in [-0.05, 0) is 30.0 Å². The SMILES string of the molecule is CC(C)(C)OC(=O)NS(C)(C)(C)=O. The van der Waals surface area contributed by atoms with E-state index >= 15 is 0 Å². The number of hydrogen-bond acceptors (Lipinski definition) is 3. The Balaban J connectivity index is 4.29. The van der Waals surface area contributed by atoms with Gasteiger partial charge in [0.05, 0.1) is 0 Å². The summed E-state index contributed by atoms with van der Waals surface area (Å²) >= 11 is 0. The molecule has 0 unspecified atom stereocenters. The first kappa shape index (κ1) is 12.4. The molecule has 0 aliphatic rings. The summed E-state index contributed by atoms with van der Waals surface area (Å²) in [6.45, 7) is 5.26. The van der Waals surface area contributed by atoms with Crippen molar-refractivity contribution >= 4 is 15.3 Å². The monoisotopic (exact) mass is 209 g/mol. The summed E-state index contributed by atoms with van der Waals surface area (Å²) in [5, 5.41) is 0. The molecule has 0 heterocycles. The van der Waals surface area contributed by atoms with Crippen LogP contribution in [-0.4, -0.2) is 34.7 Å². The molecule has 13 heavy (non-hydrogen) atoms. The van der Waals surface area contributed by atoms with E-state index in [1.807, 2.05) is 0 Å². The Bertz CT molecular complexity index is 261. The summed E-state index contributed by atoms with van der Waals surface area (Å²) in [6.07, 6.45) is 3.82. The zero-order valence-electron chi connectivity index (χ0n) is 9.13. The minimum Gasteiger partial charge on any atom is -0.443 e. The van der Waals surface area contributed by atoms with Crippen molar-refractivity contribution in [2.75, 3.05) is 18.8 Å². The Morgan fingerprint density at radius 2 is 1.62 bits per heavy atom. The molecule has 0 radical (unpaired) electrons. The summed E-state index contributed by atoms with van der Waals surface area (Å²) in [6, 6.07) is 0. The third-order valence-corrected chi connectivity index (χ3v) is 1.69. The topological polar surface area (TPSA) is 55.4 Å². The normalized spacial score (nSPS) is 15.7. The van der Waals surface area contributed by atoms with Crippen LogP contribution in [0.1, 0.15) is 20.8 Å². The Kier molecular flexibility index (Phi) is 2.84. The maximum Gasteiger partial charge on any atom is 0.418 e. The number of hydrogen-bond donors (Lipinski definition) is 1. The van der Waals surface area contributed by atoms with Gasteiger partial charge in [0.15, 0.2) is 0 Å². The summed E-state index contributed by atoms with van der Waals surface area (Å²) in [5.74, 6) is 0. The molecule has 0 aromatic carbocycles. The second-order valence-corrected chi connectivity index (χ2v) is 10.1. The molecule has 0 aliphatic heterocycles. The van der Waals surface area contributed by atoms with Gasteiger partial charge in [-0.2, -0.15) is 0 Å². The average molecular weight is 209 g/mol. The maximum atomic E-state index is 11.7. The van der Waals surface area contributed by atoms with Gasteiger partial charge in [0.2, 0.25) is 0 Å². The molecule has 0 atom stereocenters. The molecule has 80 valence electrons. The van der Waals surface area contributed by atoms with Crippen LogP contribution in [0.3, 0.4) is 0 Å². The third-order valence-electron chi connectivity index (χ3n) is 0.830. The minimum atomic E-state index is -3.02. The maximum absolute atomic E-state index is 11.7. The van der Waals surface area contributed by atoms with Crippen LogP contribution in [0.2, 0.25) is 0 Å². The third kappa shape index (κ3) is 9.33. The molecule has 0 saturated heterocycles. The highest BCUT2D eigenvalue weighted by Gasteiger charge is 2.24. The van der Waals surface area contributed by atoms with Crippen molar-refractivity contribution in [3.63, 3.8) is 0 Å². The highest BCUT2D eigenvalue weighted by atomic mass is 32.3. The van der Waals surface area contributed by atoms with Crippen molar-refractivity contribution in [3.05, 3.63) is 0 Å². The highest BCUT2D eigenvalue weighted by molar-refractivity contribution is 8.16. The first-order valence-electron chi connectivity index (χ1n) is 3.96. The van der Waals surface area contributed by atoms with E-state index in [1.165, 1.54) is 18.8 Å². The van der Waals surface area contributed by atoms with E-state index in [4.69, 9.17) is 4.74 Å². The van der Waals surface area contributed by atoms with Gasteiger partial charge in [-0.1, -0.05) is 0 Å². The number of ether oxygens (including phenoxy) is 1. The standard InChI is InChI=1S/C8H19NO3S/c1-8(2,3)12-7(10)9-13(4,5,6)11/h1-6H3,(H,9,10,11). The van der Waals surface area contributed by atoms with Crippen molar-refractivity contribution in [1.29, 1.82) is 0 Å². The van der Waals surface area contributed by atoms with Crippen LogP contribution in [0, 0.1) is 0 Å². The van der Waals surface area contributed by atoms with Crippen LogP contribution in [0.25, 0.3) is 0 Å². The second kappa shape index (κ2) is 2.97. The van der Waals surface area contributed by atoms with Crippen molar-refractivity contribution in [2.24, 2.45) is 0 Å².